The molecule has 6 heteroatoms. The lowest BCUT2D eigenvalue weighted by molar-refractivity contribution is 0.0857. The lowest BCUT2D eigenvalue weighted by atomic mass is 10.1. The lowest BCUT2D eigenvalue weighted by Crippen LogP contribution is -2.34. The minimum atomic E-state index is -0.629. The van der Waals surface area contributed by atoms with Crippen LogP contribution < -0.4 is 5.32 Å². The molecule has 2 N–H and O–H groups in total. The van der Waals surface area contributed by atoms with Gasteiger partial charge in [-0.1, -0.05) is 24.3 Å². The third-order valence-electron chi connectivity index (χ3n) is 4.24. The molecule has 1 aliphatic carbocycles. The molecular formula is C18H16N4O2. The normalized spacial score (nSPS) is 19.0. The molecule has 2 aromatic heterocycles. The second-order valence-electron chi connectivity index (χ2n) is 5.75. The smallest absolute Gasteiger partial charge is 0.255 e. The predicted octanol–water partition coefficient (Wildman–Crippen LogP) is 1.66. The van der Waals surface area contributed by atoms with Gasteiger partial charge in [0.2, 0.25) is 0 Å². The first-order valence-corrected chi connectivity index (χ1v) is 7.76. The Morgan fingerprint density at radius 3 is 2.88 bits per heavy atom. The highest BCUT2D eigenvalue weighted by molar-refractivity contribution is 5.97. The Labute approximate surface area is 138 Å². The van der Waals surface area contributed by atoms with Gasteiger partial charge in [0.1, 0.15) is 0 Å². The van der Waals surface area contributed by atoms with Crippen molar-refractivity contribution in [2.45, 2.75) is 18.6 Å². The fourth-order valence-corrected chi connectivity index (χ4v) is 3.12. The van der Waals surface area contributed by atoms with Crippen LogP contribution in [0.3, 0.4) is 0 Å². The average Bonchev–Trinajstić information content (AvgIpc) is 3.24. The largest absolute Gasteiger partial charge is 0.390 e. The number of fused-ring (bicyclic) bond motifs is 1. The van der Waals surface area contributed by atoms with Crippen molar-refractivity contribution in [1.82, 2.24) is 20.1 Å². The van der Waals surface area contributed by atoms with Gasteiger partial charge >= 0.3 is 0 Å². The minimum Gasteiger partial charge on any atom is -0.390 e. The number of benzene rings is 1. The first-order valence-electron chi connectivity index (χ1n) is 7.76. The van der Waals surface area contributed by atoms with Crippen LogP contribution in [-0.2, 0) is 6.42 Å². The van der Waals surface area contributed by atoms with E-state index in [9.17, 15) is 9.90 Å². The highest BCUT2D eigenvalue weighted by Crippen LogP contribution is 2.31. The highest BCUT2D eigenvalue weighted by atomic mass is 16.3. The van der Waals surface area contributed by atoms with E-state index >= 15 is 0 Å². The van der Waals surface area contributed by atoms with Crippen molar-refractivity contribution in [3.8, 4) is 5.82 Å². The monoisotopic (exact) mass is 320 g/mol. The van der Waals surface area contributed by atoms with Crippen molar-refractivity contribution in [2.24, 2.45) is 0 Å². The average molecular weight is 320 g/mol. The van der Waals surface area contributed by atoms with E-state index in [2.05, 4.69) is 15.4 Å². The van der Waals surface area contributed by atoms with Crippen molar-refractivity contribution in [1.29, 1.82) is 0 Å². The molecule has 120 valence electrons. The van der Waals surface area contributed by atoms with E-state index in [-0.39, 0.29) is 5.91 Å². The zero-order valence-electron chi connectivity index (χ0n) is 12.8. The minimum absolute atomic E-state index is 0.283. The van der Waals surface area contributed by atoms with Crippen molar-refractivity contribution in [3.63, 3.8) is 0 Å². The van der Waals surface area contributed by atoms with Crippen LogP contribution in [-0.4, -0.2) is 31.9 Å². The number of carbonyl (C=O) groups excluding carboxylic acids is 1. The molecule has 1 aliphatic rings. The van der Waals surface area contributed by atoms with E-state index in [1.165, 1.54) is 0 Å². The number of nitrogens with one attached hydrogen (secondary N) is 1. The van der Waals surface area contributed by atoms with E-state index in [0.29, 0.717) is 17.8 Å². The van der Waals surface area contributed by atoms with E-state index in [0.717, 1.165) is 11.1 Å². The molecule has 0 saturated heterocycles. The summed E-state index contributed by atoms with van der Waals surface area (Å²) in [6, 6.07) is 12.5. The molecule has 2 unspecified atom stereocenters. The molecule has 6 nitrogen and oxygen atoms in total. The van der Waals surface area contributed by atoms with Crippen LogP contribution in [0.1, 0.15) is 27.5 Å². The molecule has 24 heavy (non-hydrogen) atoms. The van der Waals surface area contributed by atoms with Crippen LogP contribution in [0.5, 0.6) is 0 Å². The Morgan fingerprint density at radius 1 is 1.17 bits per heavy atom. The fraction of sp³-hybridized carbons (Fsp3) is 0.167. The van der Waals surface area contributed by atoms with E-state index in [1.807, 2.05) is 24.3 Å². The number of aromatic nitrogens is 3. The number of aliphatic hydroxyl groups is 1. The molecule has 0 aliphatic heterocycles. The number of rotatable bonds is 3. The Morgan fingerprint density at radius 2 is 2.04 bits per heavy atom. The summed E-state index contributed by atoms with van der Waals surface area (Å²) in [7, 11) is 0. The maximum absolute atomic E-state index is 12.8. The van der Waals surface area contributed by atoms with Crippen LogP contribution in [0.2, 0.25) is 0 Å². The summed E-state index contributed by atoms with van der Waals surface area (Å²) in [5, 5.41) is 17.4. The van der Waals surface area contributed by atoms with Crippen LogP contribution in [0, 0.1) is 0 Å². The summed E-state index contributed by atoms with van der Waals surface area (Å²) in [6.07, 6.45) is 4.90. The molecule has 4 rings (SSSR count). The SMILES string of the molecule is O=C(NC1c2ccccc2CC1O)c1cccnc1-n1cccn1. The highest BCUT2D eigenvalue weighted by Gasteiger charge is 2.32. The summed E-state index contributed by atoms with van der Waals surface area (Å²) < 4.78 is 1.55. The van der Waals surface area contributed by atoms with Crippen LogP contribution in [0.25, 0.3) is 5.82 Å². The first kappa shape index (κ1) is 14.6. The van der Waals surface area contributed by atoms with Crippen molar-refractivity contribution >= 4 is 5.91 Å². The molecule has 0 radical (unpaired) electrons. The van der Waals surface area contributed by atoms with Crippen molar-refractivity contribution in [3.05, 3.63) is 77.7 Å². The van der Waals surface area contributed by atoms with Gasteiger partial charge in [-0.05, 0) is 29.3 Å². The standard InChI is InChI=1S/C18H16N4O2/c23-15-11-12-5-1-2-6-13(12)16(15)21-18(24)14-7-3-8-19-17(14)22-10-4-9-20-22/h1-10,15-16,23H,11H2,(H,21,24). The summed E-state index contributed by atoms with van der Waals surface area (Å²) >= 11 is 0. The van der Waals surface area contributed by atoms with Crippen LogP contribution >= 0.6 is 0 Å². The molecule has 0 fully saturated rings. The molecular weight excluding hydrogens is 304 g/mol. The van der Waals surface area contributed by atoms with E-state index in [4.69, 9.17) is 0 Å². The topological polar surface area (TPSA) is 80.0 Å². The molecule has 2 atom stereocenters. The van der Waals surface area contributed by atoms with E-state index < -0.39 is 12.1 Å². The van der Waals surface area contributed by atoms with Crippen LogP contribution in [0.15, 0.2) is 61.1 Å². The Hall–Kier alpha value is -2.99. The van der Waals surface area contributed by atoms with Gasteiger partial charge in [-0.15, -0.1) is 0 Å². The van der Waals surface area contributed by atoms with Gasteiger partial charge in [0, 0.05) is 25.0 Å². The second kappa shape index (κ2) is 5.90. The Bertz CT molecular complexity index is 876. The third kappa shape index (κ3) is 2.47. The Kier molecular flexibility index (Phi) is 3.59. The first-order chi connectivity index (χ1) is 11.7. The molecule has 2 heterocycles. The molecule has 1 aromatic carbocycles. The van der Waals surface area contributed by atoms with Gasteiger partial charge in [0.05, 0.1) is 17.7 Å². The fourth-order valence-electron chi connectivity index (χ4n) is 3.12. The second-order valence-corrected chi connectivity index (χ2v) is 5.75. The summed E-state index contributed by atoms with van der Waals surface area (Å²) in [6.45, 7) is 0. The van der Waals surface area contributed by atoms with E-state index in [1.54, 1.807) is 41.5 Å². The number of pyridine rings is 1. The zero-order valence-corrected chi connectivity index (χ0v) is 12.8. The number of nitrogens with zero attached hydrogens (tertiary/aromatic N) is 3. The molecule has 1 amide bonds. The predicted molar refractivity (Wildman–Crippen MR) is 87.7 cm³/mol. The number of hydrogen-bond donors (Lipinski definition) is 2. The number of carbonyl (C=O) groups is 1. The summed E-state index contributed by atoms with van der Waals surface area (Å²) in [4.78, 5) is 17.0. The van der Waals surface area contributed by atoms with Crippen molar-refractivity contribution in [2.75, 3.05) is 0 Å². The van der Waals surface area contributed by atoms with Gasteiger partial charge in [-0.3, -0.25) is 4.79 Å². The number of hydrogen-bond acceptors (Lipinski definition) is 4. The number of amides is 1. The molecule has 0 spiro atoms. The maximum atomic E-state index is 12.8. The number of aliphatic hydroxyl groups excluding tert-OH is 1. The van der Waals surface area contributed by atoms with Crippen LogP contribution in [0.4, 0.5) is 0 Å². The molecule has 3 aromatic rings. The quantitative estimate of drug-likeness (QED) is 0.769. The zero-order chi connectivity index (χ0) is 16.5. The van der Waals surface area contributed by atoms with Gasteiger partial charge < -0.3 is 10.4 Å². The van der Waals surface area contributed by atoms with Gasteiger partial charge in [-0.2, -0.15) is 5.10 Å². The van der Waals surface area contributed by atoms with Gasteiger partial charge in [0.25, 0.3) is 5.91 Å². The van der Waals surface area contributed by atoms with Gasteiger partial charge in [0.15, 0.2) is 5.82 Å². The lowest BCUT2D eigenvalue weighted by Gasteiger charge is -2.18. The summed E-state index contributed by atoms with van der Waals surface area (Å²) in [5.74, 6) is 0.176. The van der Waals surface area contributed by atoms with Gasteiger partial charge in [-0.25, -0.2) is 9.67 Å². The Balaban J connectivity index is 1.64. The summed E-state index contributed by atoms with van der Waals surface area (Å²) in [5.41, 5.74) is 2.44. The third-order valence-corrected chi connectivity index (χ3v) is 4.24. The molecule has 0 bridgehead atoms. The molecule has 0 saturated carbocycles. The maximum Gasteiger partial charge on any atom is 0.255 e. The van der Waals surface area contributed by atoms with Crippen molar-refractivity contribution < 1.29 is 9.90 Å².